The van der Waals surface area contributed by atoms with Crippen molar-refractivity contribution in [1.29, 1.82) is 0 Å². The number of pyridine rings is 2. The van der Waals surface area contributed by atoms with Gasteiger partial charge in [0.2, 0.25) is 5.82 Å². The van der Waals surface area contributed by atoms with Crippen LogP contribution in [0.25, 0.3) is 0 Å². The molecule has 0 aliphatic rings. The summed E-state index contributed by atoms with van der Waals surface area (Å²) in [5.74, 6) is -1.35. The van der Waals surface area contributed by atoms with E-state index in [-0.39, 0.29) is 23.2 Å². The molecule has 0 radical (unpaired) electrons. The van der Waals surface area contributed by atoms with Crippen LogP contribution in [0.1, 0.15) is 29.1 Å². The summed E-state index contributed by atoms with van der Waals surface area (Å²) in [7, 11) is 0. The van der Waals surface area contributed by atoms with Crippen LogP contribution in [0.15, 0.2) is 36.5 Å². The molecule has 0 aromatic carbocycles. The molecule has 8 heteroatoms. The largest absolute Gasteiger partial charge is 0.477 e. The van der Waals surface area contributed by atoms with E-state index < -0.39 is 10.9 Å². The Morgan fingerprint density at radius 3 is 2.71 bits per heavy atom. The molecule has 2 heterocycles. The minimum atomic E-state index is -1.25. The van der Waals surface area contributed by atoms with Gasteiger partial charge in [0.05, 0.1) is 16.7 Å². The first-order chi connectivity index (χ1) is 9.99. The molecule has 108 valence electrons. The number of aromatic nitrogens is 2. The van der Waals surface area contributed by atoms with Crippen LogP contribution in [0.4, 0.5) is 11.5 Å². The van der Waals surface area contributed by atoms with Gasteiger partial charge in [-0.15, -0.1) is 0 Å². The van der Waals surface area contributed by atoms with Gasteiger partial charge in [0.15, 0.2) is 5.69 Å². The van der Waals surface area contributed by atoms with E-state index in [2.05, 4.69) is 15.3 Å². The second-order valence-electron chi connectivity index (χ2n) is 4.25. The highest BCUT2D eigenvalue weighted by Gasteiger charge is 2.20. The molecule has 0 spiro atoms. The quantitative estimate of drug-likeness (QED) is 0.639. The Morgan fingerprint density at radius 2 is 2.14 bits per heavy atom. The van der Waals surface area contributed by atoms with Gasteiger partial charge in [0.1, 0.15) is 0 Å². The molecule has 21 heavy (non-hydrogen) atoms. The highest BCUT2D eigenvalue weighted by atomic mass is 16.6. The van der Waals surface area contributed by atoms with Crippen molar-refractivity contribution >= 4 is 17.5 Å². The van der Waals surface area contributed by atoms with Gasteiger partial charge in [-0.1, -0.05) is 6.07 Å². The Kier molecular flexibility index (Phi) is 4.07. The number of carbonyl (C=O) groups is 1. The molecule has 1 unspecified atom stereocenters. The average Bonchev–Trinajstić information content (AvgIpc) is 2.47. The first-order valence-corrected chi connectivity index (χ1v) is 6.05. The molecule has 0 amide bonds. The van der Waals surface area contributed by atoms with Crippen LogP contribution in [-0.4, -0.2) is 26.0 Å². The zero-order chi connectivity index (χ0) is 15.4. The lowest BCUT2D eigenvalue weighted by atomic mass is 10.2. The zero-order valence-electron chi connectivity index (χ0n) is 11.1. The van der Waals surface area contributed by atoms with Gasteiger partial charge in [-0.25, -0.2) is 9.78 Å². The lowest BCUT2D eigenvalue weighted by Gasteiger charge is -2.14. The standard InChI is InChI=1S/C13H12N4O4/c1-8(9-4-2-3-7-14-9)15-12-11(17(20)21)6-5-10(16-12)13(18)19/h2-8H,1H3,(H,15,16)(H,18,19). The predicted octanol–water partition coefficient (Wildman–Crippen LogP) is 2.26. The molecule has 2 aromatic heterocycles. The summed E-state index contributed by atoms with van der Waals surface area (Å²) < 4.78 is 0. The number of carboxylic acid groups (broad SMARTS) is 1. The van der Waals surface area contributed by atoms with Gasteiger partial charge in [0, 0.05) is 12.3 Å². The molecule has 2 aromatic rings. The first-order valence-electron chi connectivity index (χ1n) is 6.05. The van der Waals surface area contributed by atoms with E-state index in [9.17, 15) is 14.9 Å². The van der Waals surface area contributed by atoms with Crippen molar-refractivity contribution in [2.75, 3.05) is 5.32 Å². The van der Waals surface area contributed by atoms with Crippen molar-refractivity contribution < 1.29 is 14.8 Å². The van der Waals surface area contributed by atoms with Crippen LogP contribution in [0.2, 0.25) is 0 Å². The van der Waals surface area contributed by atoms with Crippen LogP contribution >= 0.6 is 0 Å². The van der Waals surface area contributed by atoms with Crippen molar-refractivity contribution in [2.45, 2.75) is 13.0 Å². The third kappa shape index (κ3) is 3.30. The normalized spacial score (nSPS) is 11.7. The monoisotopic (exact) mass is 288 g/mol. The maximum Gasteiger partial charge on any atom is 0.354 e. The summed E-state index contributed by atoms with van der Waals surface area (Å²) in [6.07, 6.45) is 1.60. The minimum Gasteiger partial charge on any atom is -0.477 e. The van der Waals surface area contributed by atoms with E-state index in [1.165, 1.54) is 0 Å². The van der Waals surface area contributed by atoms with Crippen molar-refractivity contribution in [1.82, 2.24) is 9.97 Å². The zero-order valence-corrected chi connectivity index (χ0v) is 11.1. The van der Waals surface area contributed by atoms with Gasteiger partial charge >= 0.3 is 11.7 Å². The molecular formula is C13H12N4O4. The highest BCUT2D eigenvalue weighted by Crippen LogP contribution is 2.26. The van der Waals surface area contributed by atoms with Crippen molar-refractivity contribution in [3.63, 3.8) is 0 Å². The molecule has 2 N–H and O–H groups in total. The summed E-state index contributed by atoms with van der Waals surface area (Å²) in [6.45, 7) is 1.75. The Balaban J connectivity index is 2.35. The predicted molar refractivity (Wildman–Crippen MR) is 74.1 cm³/mol. The lowest BCUT2D eigenvalue weighted by Crippen LogP contribution is -2.13. The van der Waals surface area contributed by atoms with E-state index >= 15 is 0 Å². The number of nitrogens with zero attached hydrogens (tertiary/aromatic N) is 3. The Labute approximate surface area is 119 Å². The maximum atomic E-state index is 11.0. The molecule has 0 saturated carbocycles. The van der Waals surface area contributed by atoms with Crippen molar-refractivity contribution in [2.24, 2.45) is 0 Å². The Bertz CT molecular complexity index is 675. The lowest BCUT2D eigenvalue weighted by molar-refractivity contribution is -0.384. The molecule has 0 aliphatic heterocycles. The number of rotatable bonds is 5. The van der Waals surface area contributed by atoms with Gasteiger partial charge in [-0.3, -0.25) is 15.1 Å². The number of anilines is 1. The molecule has 0 fully saturated rings. The topological polar surface area (TPSA) is 118 Å². The molecule has 0 saturated heterocycles. The summed E-state index contributed by atoms with van der Waals surface area (Å²) in [5.41, 5.74) is 0.105. The fourth-order valence-electron chi connectivity index (χ4n) is 1.74. The van der Waals surface area contributed by atoms with Crippen LogP contribution in [0.5, 0.6) is 0 Å². The van der Waals surface area contributed by atoms with Gasteiger partial charge in [-0.05, 0) is 25.1 Å². The average molecular weight is 288 g/mol. The molecule has 8 nitrogen and oxygen atoms in total. The van der Waals surface area contributed by atoms with Crippen molar-refractivity contribution in [3.05, 3.63) is 58.0 Å². The van der Waals surface area contributed by atoms with E-state index in [0.717, 1.165) is 12.1 Å². The minimum absolute atomic E-state index is 0.0990. The van der Waals surface area contributed by atoms with E-state index in [1.54, 1.807) is 31.3 Å². The van der Waals surface area contributed by atoms with E-state index in [1.807, 2.05) is 0 Å². The summed E-state index contributed by atoms with van der Waals surface area (Å²) >= 11 is 0. The second kappa shape index (κ2) is 5.95. The third-order valence-corrected chi connectivity index (χ3v) is 2.77. The van der Waals surface area contributed by atoms with Crippen LogP contribution in [-0.2, 0) is 0 Å². The first kappa shape index (κ1) is 14.4. The number of hydrogen-bond acceptors (Lipinski definition) is 6. The number of nitro groups is 1. The van der Waals surface area contributed by atoms with Crippen molar-refractivity contribution in [3.8, 4) is 0 Å². The summed E-state index contributed by atoms with van der Waals surface area (Å²) in [5, 5.41) is 22.7. The molecule has 0 bridgehead atoms. The molecular weight excluding hydrogens is 276 g/mol. The molecule has 2 rings (SSSR count). The van der Waals surface area contributed by atoms with Gasteiger partial charge < -0.3 is 10.4 Å². The summed E-state index contributed by atoms with van der Waals surface area (Å²) in [6, 6.07) is 7.14. The molecule has 0 aliphatic carbocycles. The Morgan fingerprint density at radius 1 is 1.38 bits per heavy atom. The number of nitrogens with one attached hydrogen (secondary N) is 1. The van der Waals surface area contributed by atoms with Crippen LogP contribution < -0.4 is 5.32 Å². The number of hydrogen-bond donors (Lipinski definition) is 2. The van der Waals surface area contributed by atoms with Crippen LogP contribution in [0, 0.1) is 10.1 Å². The second-order valence-corrected chi connectivity index (χ2v) is 4.25. The number of carboxylic acids is 1. The van der Waals surface area contributed by atoms with E-state index in [4.69, 9.17) is 5.11 Å². The fourth-order valence-corrected chi connectivity index (χ4v) is 1.74. The number of aromatic carboxylic acids is 1. The Hall–Kier alpha value is -3.03. The van der Waals surface area contributed by atoms with E-state index in [0.29, 0.717) is 5.69 Å². The SMILES string of the molecule is CC(Nc1nc(C(=O)O)ccc1[N+](=O)[O-])c1ccccn1. The van der Waals surface area contributed by atoms with Crippen LogP contribution in [0.3, 0.4) is 0 Å². The highest BCUT2D eigenvalue weighted by molar-refractivity contribution is 5.86. The van der Waals surface area contributed by atoms with Gasteiger partial charge in [0.25, 0.3) is 0 Å². The maximum absolute atomic E-state index is 11.0. The fraction of sp³-hybridized carbons (Fsp3) is 0.154. The third-order valence-electron chi connectivity index (χ3n) is 2.77. The molecule has 1 atom stereocenters. The van der Waals surface area contributed by atoms with Gasteiger partial charge in [-0.2, -0.15) is 0 Å². The summed E-state index contributed by atoms with van der Waals surface area (Å²) in [4.78, 5) is 29.2. The smallest absolute Gasteiger partial charge is 0.354 e.